The van der Waals surface area contributed by atoms with Crippen LogP contribution < -0.4 is 21.1 Å². The maximum Gasteiger partial charge on any atom is 0.350 e. The monoisotopic (exact) mass is 681 g/mol. The lowest BCUT2D eigenvalue weighted by atomic mass is 9.72. The Kier molecular flexibility index (Phi) is 10.6. The lowest BCUT2D eigenvalue weighted by molar-refractivity contribution is -0.123. The van der Waals surface area contributed by atoms with Crippen molar-refractivity contribution < 1.29 is 14.3 Å². The highest BCUT2D eigenvalue weighted by Gasteiger charge is 2.75. The van der Waals surface area contributed by atoms with Crippen LogP contribution in [0.1, 0.15) is 97.5 Å². The number of fused-ring (bicyclic) bond motifs is 1. The van der Waals surface area contributed by atoms with E-state index in [1.165, 1.54) is 19.3 Å². The Balaban J connectivity index is 1.20. The molecule has 2 aromatic carbocycles. The van der Waals surface area contributed by atoms with Crippen molar-refractivity contribution >= 4 is 22.6 Å². The molecule has 3 saturated carbocycles. The summed E-state index contributed by atoms with van der Waals surface area (Å²) in [5, 5.41) is 17.2. The first-order chi connectivity index (χ1) is 24.0. The van der Waals surface area contributed by atoms with E-state index in [1.807, 2.05) is 53.1 Å². The molecule has 0 radical (unpaired) electrons. The lowest BCUT2D eigenvalue weighted by Crippen LogP contribution is -2.47. The van der Waals surface area contributed by atoms with Crippen molar-refractivity contribution in [3.63, 3.8) is 0 Å². The molecule has 9 heteroatoms. The molecule has 2 atom stereocenters. The molecule has 268 valence electrons. The van der Waals surface area contributed by atoms with Gasteiger partial charge in [-0.15, -0.1) is 0 Å². The van der Waals surface area contributed by atoms with E-state index in [1.54, 1.807) is 7.11 Å². The van der Waals surface area contributed by atoms with Crippen LogP contribution in [0.15, 0.2) is 53.3 Å². The summed E-state index contributed by atoms with van der Waals surface area (Å²) in [5.74, 6) is 1.67. The van der Waals surface area contributed by atoms with Gasteiger partial charge in [-0.3, -0.25) is 9.36 Å². The van der Waals surface area contributed by atoms with Crippen molar-refractivity contribution in [2.75, 3.05) is 19.0 Å². The summed E-state index contributed by atoms with van der Waals surface area (Å²) in [6.45, 7) is 10.6. The predicted octanol–water partition coefficient (Wildman–Crippen LogP) is 7.62. The molecule has 1 aromatic heterocycles. The molecule has 0 saturated heterocycles. The van der Waals surface area contributed by atoms with Gasteiger partial charge in [0, 0.05) is 11.9 Å². The van der Waals surface area contributed by atoms with Gasteiger partial charge in [0.2, 0.25) is 5.91 Å². The number of hydrogen-bond acceptors (Lipinski definition) is 7. The molecule has 3 aromatic rings. The number of ether oxygens (including phenoxy) is 2. The SMILES string of the molecule is COc1cccc(COCC(C#N)NC(=O)C(CC2CCC3(CC2)C(C)(C)C3(C)C)Nc2nc(=O)n(CC3CCCCC3)c3ccccc23)c1. The van der Waals surface area contributed by atoms with E-state index in [-0.39, 0.29) is 24.8 Å². The summed E-state index contributed by atoms with van der Waals surface area (Å²) < 4.78 is 13.0. The fraction of sp³-hybridized carbons (Fsp3) is 0.610. The highest BCUT2D eigenvalue weighted by Crippen LogP contribution is 2.82. The Morgan fingerprint density at radius 2 is 1.72 bits per heavy atom. The van der Waals surface area contributed by atoms with Crippen LogP contribution in [-0.4, -0.2) is 41.3 Å². The number of nitriles is 1. The standard InChI is InChI=1S/C41H55N5O4/c1-39(2)40(3,4)41(39)20-18-28(19-21-41)23-34(37(47)43-31(24-42)27-50-26-30-14-11-15-32(22-30)49-5)44-36-33-16-9-10-17-35(33)46(38(48)45-36)25-29-12-7-6-8-13-29/h9-11,14-17,22,28-29,31,34H,6-8,12-13,18-21,23,25-27H2,1-5H3,(H,43,47)(H,44,45,48). The fourth-order valence-corrected chi connectivity index (χ4v) is 9.51. The van der Waals surface area contributed by atoms with E-state index in [9.17, 15) is 14.9 Å². The number of aromatic nitrogens is 2. The zero-order chi connectivity index (χ0) is 35.5. The van der Waals surface area contributed by atoms with Gasteiger partial charge in [-0.1, -0.05) is 71.2 Å². The van der Waals surface area contributed by atoms with Crippen LogP contribution in [0.2, 0.25) is 0 Å². The topological polar surface area (TPSA) is 118 Å². The number of para-hydroxylation sites is 1. The van der Waals surface area contributed by atoms with E-state index < -0.39 is 12.1 Å². The normalized spacial score (nSPS) is 20.9. The quantitative estimate of drug-likeness (QED) is 0.191. The summed E-state index contributed by atoms with van der Waals surface area (Å²) in [7, 11) is 1.62. The highest BCUT2D eigenvalue weighted by atomic mass is 16.5. The van der Waals surface area contributed by atoms with Gasteiger partial charge in [0.15, 0.2) is 0 Å². The molecule has 1 heterocycles. The number of carbonyl (C=O) groups excluding carboxylic acids is 1. The number of benzene rings is 2. The molecule has 3 aliphatic rings. The Morgan fingerprint density at radius 3 is 2.40 bits per heavy atom. The number of hydrogen-bond donors (Lipinski definition) is 2. The summed E-state index contributed by atoms with van der Waals surface area (Å²) in [6, 6.07) is 16.1. The number of carbonyl (C=O) groups is 1. The summed E-state index contributed by atoms with van der Waals surface area (Å²) in [4.78, 5) is 32.3. The Hall–Kier alpha value is -3.90. The van der Waals surface area contributed by atoms with Gasteiger partial charge in [0.05, 0.1) is 31.9 Å². The van der Waals surface area contributed by atoms with Crippen LogP contribution in [0, 0.1) is 39.4 Å². The third-order valence-electron chi connectivity index (χ3n) is 13.3. The van der Waals surface area contributed by atoms with Crippen LogP contribution in [0.5, 0.6) is 5.75 Å². The first-order valence-electron chi connectivity index (χ1n) is 18.7. The second-order valence-corrected chi connectivity index (χ2v) is 16.1. The van der Waals surface area contributed by atoms with Gasteiger partial charge in [0.1, 0.15) is 23.7 Å². The molecule has 2 unspecified atom stereocenters. The van der Waals surface area contributed by atoms with Crippen molar-refractivity contribution in [3.8, 4) is 11.8 Å². The third kappa shape index (κ3) is 7.01. The lowest BCUT2D eigenvalue weighted by Gasteiger charge is -2.34. The molecular weight excluding hydrogens is 626 g/mol. The summed E-state index contributed by atoms with van der Waals surface area (Å²) >= 11 is 0. The molecule has 50 heavy (non-hydrogen) atoms. The first-order valence-corrected chi connectivity index (χ1v) is 18.7. The van der Waals surface area contributed by atoms with E-state index in [0.717, 1.165) is 60.7 Å². The average molecular weight is 682 g/mol. The van der Waals surface area contributed by atoms with Crippen molar-refractivity contribution in [1.82, 2.24) is 14.9 Å². The second-order valence-electron chi connectivity index (χ2n) is 16.1. The molecule has 1 amide bonds. The summed E-state index contributed by atoms with van der Waals surface area (Å²) in [5.41, 5.74) is 2.40. The van der Waals surface area contributed by atoms with Crippen LogP contribution in [-0.2, 0) is 22.7 Å². The molecule has 0 bridgehead atoms. The average Bonchev–Trinajstić information content (AvgIpc) is 3.46. The van der Waals surface area contributed by atoms with E-state index in [0.29, 0.717) is 46.9 Å². The van der Waals surface area contributed by atoms with Crippen molar-refractivity contribution in [1.29, 1.82) is 5.26 Å². The zero-order valence-electron chi connectivity index (χ0n) is 30.6. The maximum atomic E-state index is 14.1. The smallest absolute Gasteiger partial charge is 0.350 e. The summed E-state index contributed by atoms with van der Waals surface area (Å²) in [6.07, 6.45) is 10.9. The van der Waals surface area contributed by atoms with Crippen LogP contribution in [0.3, 0.4) is 0 Å². The van der Waals surface area contributed by atoms with Crippen molar-refractivity contribution in [2.45, 2.75) is 117 Å². The van der Waals surface area contributed by atoms with Gasteiger partial charge in [-0.25, -0.2) is 4.79 Å². The predicted molar refractivity (Wildman–Crippen MR) is 197 cm³/mol. The molecule has 6 rings (SSSR count). The Labute approximate surface area is 297 Å². The number of anilines is 1. The molecule has 2 N–H and O–H groups in total. The van der Waals surface area contributed by atoms with Gasteiger partial charge >= 0.3 is 5.69 Å². The zero-order valence-corrected chi connectivity index (χ0v) is 30.6. The molecule has 3 fully saturated rings. The second kappa shape index (κ2) is 14.8. The van der Waals surface area contributed by atoms with Crippen molar-refractivity contribution in [3.05, 3.63) is 64.6 Å². The molecule has 1 spiro atoms. The van der Waals surface area contributed by atoms with Gasteiger partial charge in [-0.2, -0.15) is 10.2 Å². The van der Waals surface area contributed by atoms with E-state index >= 15 is 0 Å². The molecule has 9 nitrogen and oxygen atoms in total. The minimum Gasteiger partial charge on any atom is -0.497 e. The van der Waals surface area contributed by atoms with E-state index in [4.69, 9.17) is 9.47 Å². The van der Waals surface area contributed by atoms with Gasteiger partial charge in [0.25, 0.3) is 0 Å². The number of nitrogens with zero attached hydrogens (tertiary/aromatic N) is 3. The number of methoxy groups -OCH3 is 1. The minimum absolute atomic E-state index is 0.0423. The van der Waals surface area contributed by atoms with Crippen LogP contribution in [0.25, 0.3) is 10.9 Å². The van der Waals surface area contributed by atoms with Crippen molar-refractivity contribution in [2.24, 2.45) is 28.1 Å². The molecule has 3 aliphatic carbocycles. The molecule has 0 aliphatic heterocycles. The number of rotatable bonds is 13. The fourth-order valence-electron chi connectivity index (χ4n) is 9.51. The molecular formula is C41H55N5O4. The highest BCUT2D eigenvalue weighted by molar-refractivity contribution is 5.92. The Morgan fingerprint density at radius 1 is 1.00 bits per heavy atom. The van der Waals surface area contributed by atoms with Gasteiger partial charge in [-0.05, 0) is 103 Å². The van der Waals surface area contributed by atoms with Gasteiger partial charge < -0.3 is 20.1 Å². The third-order valence-corrected chi connectivity index (χ3v) is 13.3. The van der Waals surface area contributed by atoms with E-state index in [2.05, 4.69) is 49.4 Å². The minimum atomic E-state index is -0.840. The number of amides is 1. The maximum absolute atomic E-state index is 14.1. The van der Waals surface area contributed by atoms with Crippen LogP contribution >= 0.6 is 0 Å². The number of nitrogens with one attached hydrogen (secondary N) is 2. The first kappa shape index (κ1) is 35.9. The van der Waals surface area contributed by atoms with Crippen LogP contribution in [0.4, 0.5) is 5.82 Å². The Bertz CT molecular complexity index is 1740. The largest absolute Gasteiger partial charge is 0.497 e.